The molecule has 8 N–H and O–H groups in total. The first-order valence-corrected chi connectivity index (χ1v) is 25.9. The number of unbranched alkanes of at least 4 members (excludes halogenated alkanes) is 33. The Morgan fingerprint density at radius 2 is 0.917 bits per heavy atom. The Balaban J connectivity index is 2.26. The van der Waals surface area contributed by atoms with Crippen LogP contribution in [-0.2, 0) is 14.3 Å². The first kappa shape index (κ1) is 57.2. The highest BCUT2D eigenvalue weighted by Gasteiger charge is 2.43. The Hall–Kier alpha value is -0.850. The van der Waals surface area contributed by atoms with Gasteiger partial charge in [0.2, 0.25) is 5.91 Å². The van der Waals surface area contributed by atoms with Crippen molar-refractivity contribution in [1.82, 2.24) is 5.32 Å². The summed E-state index contributed by atoms with van der Waals surface area (Å²) in [6, 6.07) is -2.03. The zero-order valence-corrected chi connectivity index (χ0v) is 39.2. The van der Waals surface area contributed by atoms with Crippen LogP contribution in [0.5, 0.6) is 0 Å². The molecule has 0 aromatic rings. The molecule has 10 nitrogen and oxygen atoms in total. The third kappa shape index (κ3) is 30.3. The second-order valence-electron chi connectivity index (χ2n) is 18.6. The zero-order chi connectivity index (χ0) is 43.9. The Bertz CT molecular complexity index is 929. The normalized spacial score (nSPS) is 21.0. The summed E-state index contributed by atoms with van der Waals surface area (Å²) >= 11 is 0. The van der Waals surface area contributed by atoms with Gasteiger partial charge in [0.1, 0.15) is 24.4 Å². The highest BCUT2D eigenvalue weighted by molar-refractivity contribution is 5.76. The number of aliphatic hydroxyl groups is 5. The Morgan fingerprint density at radius 1 is 0.567 bits per heavy atom. The molecule has 0 saturated carbocycles. The van der Waals surface area contributed by atoms with E-state index < -0.39 is 55.5 Å². The van der Waals surface area contributed by atoms with Gasteiger partial charge in [0.05, 0.1) is 31.4 Å². The lowest BCUT2D eigenvalue weighted by Crippen LogP contribution is -2.63. The van der Waals surface area contributed by atoms with Crippen molar-refractivity contribution in [3.8, 4) is 0 Å². The van der Waals surface area contributed by atoms with Gasteiger partial charge in [-0.15, -0.1) is 0 Å². The van der Waals surface area contributed by atoms with Crippen LogP contribution < -0.4 is 11.1 Å². The summed E-state index contributed by atoms with van der Waals surface area (Å²) in [4.78, 5) is 13.1. The lowest BCUT2D eigenvalue weighted by Gasteiger charge is -2.41. The largest absolute Gasteiger partial charge is 0.394 e. The van der Waals surface area contributed by atoms with Gasteiger partial charge in [0.15, 0.2) is 6.29 Å². The highest BCUT2D eigenvalue weighted by Crippen LogP contribution is 2.22. The van der Waals surface area contributed by atoms with E-state index in [2.05, 4.69) is 19.2 Å². The fraction of sp³-hybridized carbons (Fsp3) is 0.980. The van der Waals surface area contributed by atoms with Gasteiger partial charge in [0.25, 0.3) is 0 Å². The molecular formula is C50H100N2O8. The van der Waals surface area contributed by atoms with Crippen molar-refractivity contribution in [3.05, 3.63) is 0 Å². The fourth-order valence-corrected chi connectivity index (χ4v) is 8.66. The molecular weight excluding hydrogens is 757 g/mol. The lowest BCUT2D eigenvalue weighted by molar-refractivity contribution is -0.268. The second kappa shape index (κ2) is 40.9. The third-order valence-corrected chi connectivity index (χ3v) is 12.9. The quantitative estimate of drug-likeness (QED) is 0.0294. The molecule has 0 aromatic carbocycles. The smallest absolute Gasteiger partial charge is 0.220 e. The number of ether oxygens (including phenoxy) is 2. The van der Waals surface area contributed by atoms with Crippen LogP contribution in [0.1, 0.15) is 251 Å². The van der Waals surface area contributed by atoms with Crippen LogP contribution in [0.25, 0.3) is 0 Å². The van der Waals surface area contributed by atoms with Gasteiger partial charge in [-0.25, -0.2) is 0 Å². The minimum absolute atomic E-state index is 0.221. The predicted molar refractivity (Wildman–Crippen MR) is 248 cm³/mol. The molecule has 1 fully saturated rings. The Morgan fingerprint density at radius 3 is 1.28 bits per heavy atom. The molecule has 1 aliphatic rings. The zero-order valence-electron chi connectivity index (χ0n) is 39.2. The van der Waals surface area contributed by atoms with Crippen LogP contribution in [0.2, 0.25) is 0 Å². The maximum Gasteiger partial charge on any atom is 0.220 e. The van der Waals surface area contributed by atoms with Crippen molar-refractivity contribution in [2.45, 2.75) is 300 Å². The van der Waals surface area contributed by atoms with Crippen molar-refractivity contribution in [3.63, 3.8) is 0 Å². The first-order chi connectivity index (χ1) is 29.3. The second-order valence-corrected chi connectivity index (χ2v) is 18.6. The van der Waals surface area contributed by atoms with E-state index in [1.165, 1.54) is 186 Å². The van der Waals surface area contributed by atoms with Gasteiger partial charge in [-0.1, -0.05) is 232 Å². The molecule has 0 radical (unpaired) electrons. The molecule has 1 rings (SSSR count). The molecule has 1 aliphatic heterocycles. The van der Waals surface area contributed by atoms with Crippen LogP contribution in [0.4, 0.5) is 0 Å². The summed E-state index contributed by atoms with van der Waals surface area (Å²) in [5.41, 5.74) is 6.06. The van der Waals surface area contributed by atoms with E-state index in [1.54, 1.807) is 0 Å². The predicted octanol–water partition coefficient (Wildman–Crippen LogP) is 10.4. The summed E-state index contributed by atoms with van der Waals surface area (Å²) < 4.78 is 11.4. The Labute approximate surface area is 369 Å². The minimum atomic E-state index is -1.38. The van der Waals surface area contributed by atoms with Crippen molar-refractivity contribution in [2.24, 2.45) is 5.73 Å². The fourth-order valence-electron chi connectivity index (χ4n) is 8.66. The lowest BCUT2D eigenvalue weighted by atomic mass is 9.97. The standard InChI is InChI=1S/C50H100N2O8/c1-3-5-7-9-11-13-15-17-18-19-20-21-22-23-24-25-26-27-29-31-33-35-37-39-45(55)52-42(41-59-50-46(51)49(58)48(57)44(40-53)60-50)47(56)43(54)38-36-34-32-30-28-16-14-12-10-8-6-4-2/h42-44,46-50,53-54,56-58H,3-41,51H2,1-2H3,(H,52,55)/t42-,43+,44+,46+,47-,48-,49+,50-/m0/s1. The number of carbonyl (C=O) groups excluding carboxylic acids is 1. The summed E-state index contributed by atoms with van der Waals surface area (Å²) in [5, 5.41) is 55.2. The van der Waals surface area contributed by atoms with E-state index in [4.69, 9.17) is 15.2 Å². The monoisotopic (exact) mass is 857 g/mol. The highest BCUT2D eigenvalue weighted by atomic mass is 16.7. The molecule has 1 heterocycles. The number of amides is 1. The number of nitrogens with one attached hydrogen (secondary N) is 1. The van der Waals surface area contributed by atoms with Gasteiger partial charge in [-0.2, -0.15) is 0 Å². The van der Waals surface area contributed by atoms with E-state index in [1.807, 2.05) is 0 Å². The molecule has 0 unspecified atom stereocenters. The number of nitrogens with two attached hydrogens (primary N) is 1. The number of hydrogen-bond acceptors (Lipinski definition) is 9. The van der Waals surface area contributed by atoms with E-state index in [0.717, 1.165) is 38.5 Å². The van der Waals surface area contributed by atoms with Gasteiger partial charge < -0.3 is 46.1 Å². The molecule has 0 spiro atoms. The van der Waals surface area contributed by atoms with E-state index in [0.29, 0.717) is 12.8 Å². The molecule has 60 heavy (non-hydrogen) atoms. The topological polar surface area (TPSA) is 175 Å². The van der Waals surface area contributed by atoms with Gasteiger partial charge in [-0.3, -0.25) is 4.79 Å². The van der Waals surface area contributed by atoms with Crippen LogP contribution in [0.15, 0.2) is 0 Å². The van der Waals surface area contributed by atoms with Crippen molar-refractivity contribution in [1.29, 1.82) is 0 Å². The molecule has 358 valence electrons. The summed E-state index contributed by atoms with van der Waals surface area (Å²) in [6.07, 6.45) is 38.1. The van der Waals surface area contributed by atoms with E-state index >= 15 is 0 Å². The molecule has 1 saturated heterocycles. The average molecular weight is 857 g/mol. The molecule has 1 amide bonds. The van der Waals surface area contributed by atoms with E-state index in [9.17, 15) is 30.3 Å². The molecule has 8 atom stereocenters. The van der Waals surface area contributed by atoms with E-state index in [-0.39, 0.29) is 12.5 Å². The summed E-state index contributed by atoms with van der Waals surface area (Å²) in [5.74, 6) is -0.221. The Kier molecular flexibility index (Phi) is 39.0. The molecule has 0 bridgehead atoms. The first-order valence-electron chi connectivity index (χ1n) is 25.9. The number of rotatable bonds is 44. The SMILES string of the molecule is CCCCCCCCCCCCCCCCCCCCCCCCCC(=O)N[C@@H](CO[C@H]1O[C@H](CO)[C@H](O)[C@H](O)[C@H]1N)[C@H](O)[C@H](O)CCCCCCCCCCCCCC. The van der Waals surface area contributed by atoms with Crippen LogP contribution in [0, 0.1) is 0 Å². The molecule has 0 aliphatic carbocycles. The summed E-state index contributed by atoms with van der Waals surface area (Å²) in [6.45, 7) is 3.77. The third-order valence-electron chi connectivity index (χ3n) is 12.9. The molecule has 10 heteroatoms. The van der Waals surface area contributed by atoms with Crippen LogP contribution in [0.3, 0.4) is 0 Å². The van der Waals surface area contributed by atoms with Crippen molar-refractivity contribution in [2.75, 3.05) is 13.2 Å². The van der Waals surface area contributed by atoms with Crippen LogP contribution in [-0.4, -0.2) is 93.5 Å². The van der Waals surface area contributed by atoms with Crippen molar-refractivity contribution < 1.29 is 39.8 Å². The van der Waals surface area contributed by atoms with Crippen molar-refractivity contribution >= 4 is 5.91 Å². The summed E-state index contributed by atoms with van der Waals surface area (Å²) in [7, 11) is 0. The average Bonchev–Trinajstić information content (AvgIpc) is 3.25. The number of aliphatic hydroxyl groups excluding tert-OH is 5. The number of hydrogen-bond donors (Lipinski definition) is 7. The van der Waals surface area contributed by atoms with Gasteiger partial charge in [-0.05, 0) is 12.8 Å². The van der Waals surface area contributed by atoms with Crippen LogP contribution >= 0.6 is 0 Å². The maximum absolute atomic E-state index is 13.1. The van der Waals surface area contributed by atoms with Gasteiger partial charge >= 0.3 is 0 Å². The maximum atomic E-state index is 13.1. The molecule has 0 aromatic heterocycles. The van der Waals surface area contributed by atoms with Gasteiger partial charge in [0, 0.05) is 6.42 Å². The minimum Gasteiger partial charge on any atom is -0.394 e. The number of carbonyl (C=O) groups is 1.